The summed E-state index contributed by atoms with van der Waals surface area (Å²) in [6, 6.07) is 1.46. The highest BCUT2D eigenvalue weighted by atomic mass is 35.5. The highest BCUT2D eigenvalue weighted by Gasteiger charge is 2.05. The highest BCUT2D eigenvalue weighted by Crippen LogP contribution is 2.06. The Morgan fingerprint density at radius 3 is 3.08 bits per heavy atom. The predicted molar refractivity (Wildman–Crippen MR) is 47.2 cm³/mol. The van der Waals surface area contributed by atoms with Crippen LogP contribution < -0.4 is 0 Å². The number of halogens is 2. The van der Waals surface area contributed by atoms with Gasteiger partial charge >= 0.3 is 0 Å². The molecule has 0 amide bonds. The van der Waals surface area contributed by atoms with E-state index in [4.69, 9.17) is 11.6 Å². The van der Waals surface area contributed by atoms with Crippen LogP contribution in [0.3, 0.4) is 0 Å². The van der Waals surface area contributed by atoms with E-state index in [0.29, 0.717) is 11.8 Å². The van der Waals surface area contributed by atoms with Gasteiger partial charge in [-0.3, -0.25) is 4.79 Å². The first-order chi connectivity index (χ1) is 6.29. The standard InChI is InChI=1S/C9H5ClFNO/c10-4-1-2-7-3-5-12-9(11)8(7)6-13/h3,5-6H,4H2. The number of aldehydes is 1. The lowest BCUT2D eigenvalue weighted by Crippen LogP contribution is -1.95. The molecule has 13 heavy (non-hydrogen) atoms. The van der Waals surface area contributed by atoms with Gasteiger partial charge < -0.3 is 0 Å². The third-order valence-electron chi connectivity index (χ3n) is 1.35. The smallest absolute Gasteiger partial charge is 0.224 e. The fourth-order valence-electron chi connectivity index (χ4n) is 0.797. The number of hydrogen-bond donors (Lipinski definition) is 0. The number of hydrogen-bond acceptors (Lipinski definition) is 2. The summed E-state index contributed by atoms with van der Waals surface area (Å²) >= 11 is 5.32. The molecule has 4 heteroatoms. The van der Waals surface area contributed by atoms with Crippen molar-refractivity contribution in [2.45, 2.75) is 0 Å². The van der Waals surface area contributed by atoms with Gasteiger partial charge in [-0.05, 0) is 6.07 Å². The van der Waals surface area contributed by atoms with Gasteiger partial charge in [0, 0.05) is 11.8 Å². The van der Waals surface area contributed by atoms with Crippen LogP contribution in [-0.2, 0) is 0 Å². The van der Waals surface area contributed by atoms with E-state index in [0.717, 1.165) is 0 Å². The van der Waals surface area contributed by atoms with Gasteiger partial charge in [-0.1, -0.05) is 11.8 Å². The van der Waals surface area contributed by atoms with Crippen LogP contribution in [0.2, 0.25) is 0 Å². The number of carbonyl (C=O) groups is 1. The Morgan fingerprint density at radius 1 is 1.69 bits per heavy atom. The van der Waals surface area contributed by atoms with Gasteiger partial charge in [0.15, 0.2) is 6.29 Å². The van der Waals surface area contributed by atoms with E-state index in [1.54, 1.807) is 0 Å². The van der Waals surface area contributed by atoms with Crippen LogP contribution >= 0.6 is 11.6 Å². The van der Waals surface area contributed by atoms with Gasteiger partial charge in [0.05, 0.1) is 11.4 Å². The summed E-state index contributed by atoms with van der Waals surface area (Å²) in [5, 5.41) is 0. The largest absolute Gasteiger partial charge is 0.298 e. The first kappa shape index (κ1) is 9.69. The van der Waals surface area contributed by atoms with Crippen molar-refractivity contribution < 1.29 is 9.18 Å². The van der Waals surface area contributed by atoms with Gasteiger partial charge in [-0.25, -0.2) is 4.98 Å². The normalized spacial score (nSPS) is 8.77. The number of carbonyl (C=O) groups excluding carboxylic acids is 1. The van der Waals surface area contributed by atoms with Crippen molar-refractivity contribution in [3.05, 3.63) is 29.3 Å². The summed E-state index contributed by atoms with van der Waals surface area (Å²) in [7, 11) is 0. The van der Waals surface area contributed by atoms with Crippen LogP contribution in [-0.4, -0.2) is 17.2 Å². The molecule has 0 aliphatic heterocycles. The van der Waals surface area contributed by atoms with Crippen LogP contribution in [0.5, 0.6) is 0 Å². The lowest BCUT2D eigenvalue weighted by atomic mass is 10.1. The van der Waals surface area contributed by atoms with Crippen LogP contribution in [0.25, 0.3) is 0 Å². The molecular formula is C9H5ClFNO. The molecule has 1 aromatic rings. The SMILES string of the molecule is O=Cc1c(C#CCCl)ccnc1F. The Balaban J connectivity index is 3.20. The molecule has 0 unspecified atom stereocenters. The van der Waals surface area contributed by atoms with Crippen molar-refractivity contribution in [3.63, 3.8) is 0 Å². The number of aromatic nitrogens is 1. The maximum absolute atomic E-state index is 12.8. The Bertz CT molecular complexity index is 381. The lowest BCUT2D eigenvalue weighted by Gasteiger charge is -1.95. The molecule has 0 aliphatic rings. The molecule has 0 aromatic carbocycles. The quantitative estimate of drug-likeness (QED) is 0.296. The van der Waals surface area contributed by atoms with E-state index in [2.05, 4.69) is 16.8 Å². The third-order valence-corrected chi connectivity index (χ3v) is 1.48. The fraction of sp³-hybridized carbons (Fsp3) is 0.111. The summed E-state index contributed by atoms with van der Waals surface area (Å²) in [4.78, 5) is 13.8. The molecule has 1 heterocycles. The molecule has 0 N–H and O–H groups in total. The molecule has 2 nitrogen and oxygen atoms in total. The topological polar surface area (TPSA) is 30.0 Å². The lowest BCUT2D eigenvalue weighted by molar-refractivity contribution is 0.111. The van der Waals surface area contributed by atoms with Crippen molar-refractivity contribution in [1.29, 1.82) is 0 Å². The summed E-state index contributed by atoms with van der Waals surface area (Å²) in [6.45, 7) is 0. The van der Waals surface area contributed by atoms with Gasteiger partial charge in [-0.15, -0.1) is 11.6 Å². The highest BCUT2D eigenvalue weighted by molar-refractivity contribution is 6.19. The van der Waals surface area contributed by atoms with Gasteiger partial charge in [0.2, 0.25) is 5.95 Å². The van der Waals surface area contributed by atoms with Gasteiger partial charge in [0.25, 0.3) is 0 Å². The minimum Gasteiger partial charge on any atom is -0.298 e. The molecule has 0 radical (unpaired) electrons. The Kier molecular flexibility index (Phi) is 3.41. The van der Waals surface area contributed by atoms with Crippen molar-refractivity contribution in [2.24, 2.45) is 0 Å². The monoisotopic (exact) mass is 197 g/mol. The number of alkyl halides is 1. The van der Waals surface area contributed by atoms with Crippen molar-refractivity contribution >= 4 is 17.9 Å². The van der Waals surface area contributed by atoms with Gasteiger partial charge in [-0.2, -0.15) is 4.39 Å². The minimum absolute atomic E-state index is 0.125. The van der Waals surface area contributed by atoms with Crippen LogP contribution in [0.15, 0.2) is 12.3 Å². The maximum Gasteiger partial charge on any atom is 0.224 e. The molecule has 0 bridgehead atoms. The second-order valence-electron chi connectivity index (χ2n) is 2.12. The molecule has 0 atom stereocenters. The predicted octanol–water partition coefficient (Wildman–Crippen LogP) is 1.62. The molecule has 0 saturated carbocycles. The van der Waals surface area contributed by atoms with E-state index in [1.165, 1.54) is 12.3 Å². The zero-order valence-electron chi connectivity index (χ0n) is 6.55. The second-order valence-corrected chi connectivity index (χ2v) is 2.38. The summed E-state index contributed by atoms with van der Waals surface area (Å²) in [5.41, 5.74) is 0.184. The van der Waals surface area contributed by atoms with Crippen LogP contribution in [0.1, 0.15) is 15.9 Å². The first-order valence-corrected chi connectivity index (χ1v) is 3.97. The van der Waals surface area contributed by atoms with Crippen molar-refractivity contribution in [2.75, 3.05) is 5.88 Å². The Morgan fingerprint density at radius 2 is 2.46 bits per heavy atom. The van der Waals surface area contributed by atoms with E-state index in [1.807, 2.05) is 0 Å². The molecule has 1 rings (SSSR count). The van der Waals surface area contributed by atoms with E-state index in [-0.39, 0.29) is 11.4 Å². The average Bonchev–Trinajstić information content (AvgIpc) is 2.15. The third kappa shape index (κ3) is 2.27. The molecule has 0 saturated heterocycles. The molecular weight excluding hydrogens is 193 g/mol. The zero-order chi connectivity index (χ0) is 9.68. The van der Waals surface area contributed by atoms with E-state index >= 15 is 0 Å². The summed E-state index contributed by atoms with van der Waals surface area (Å²) in [5.74, 6) is 4.42. The average molecular weight is 198 g/mol. The molecule has 0 aliphatic carbocycles. The van der Waals surface area contributed by atoms with Crippen molar-refractivity contribution in [3.8, 4) is 11.8 Å². The number of nitrogens with zero attached hydrogens (tertiary/aromatic N) is 1. The Labute approximate surface area is 79.7 Å². The number of pyridine rings is 1. The molecule has 0 fully saturated rings. The zero-order valence-corrected chi connectivity index (χ0v) is 7.31. The van der Waals surface area contributed by atoms with Crippen LogP contribution in [0, 0.1) is 17.8 Å². The molecule has 1 aromatic heterocycles. The Hall–Kier alpha value is -1.40. The number of rotatable bonds is 1. The minimum atomic E-state index is -0.809. The second kappa shape index (κ2) is 4.58. The fourth-order valence-corrected chi connectivity index (χ4v) is 0.864. The van der Waals surface area contributed by atoms with Crippen molar-refractivity contribution in [1.82, 2.24) is 4.98 Å². The van der Waals surface area contributed by atoms with E-state index < -0.39 is 5.95 Å². The maximum atomic E-state index is 12.8. The summed E-state index contributed by atoms with van der Waals surface area (Å²) < 4.78 is 12.8. The summed E-state index contributed by atoms with van der Waals surface area (Å²) in [6.07, 6.45) is 1.64. The first-order valence-electron chi connectivity index (χ1n) is 3.44. The molecule has 0 spiro atoms. The molecule has 66 valence electrons. The van der Waals surface area contributed by atoms with Gasteiger partial charge in [0.1, 0.15) is 0 Å². The van der Waals surface area contributed by atoms with Crippen LogP contribution in [0.4, 0.5) is 4.39 Å². The van der Waals surface area contributed by atoms with E-state index in [9.17, 15) is 9.18 Å².